The molecule has 1 aliphatic heterocycles. The molecule has 3 rings (SSSR count). The minimum Gasteiger partial charge on any atom is -0.504 e. The van der Waals surface area contributed by atoms with E-state index >= 15 is 0 Å². The van der Waals surface area contributed by atoms with Crippen molar-refractivity contribution in [2.75, 3.05) is 19.6 Å². The first-order chi connectivity index (χ1) is 12.1. The monoisotopic (exact) mass is 346 g/mol. The lowest BCUT2D eigenvalue weighted by Crippen LogP contribution is -2.36. The summed E-state index contributed by atoms with van der Waals surface area (Å²) in [6, 6.07) is 11.2. The number of nitrogens with one attached hydrogen (secondary N) is 1. The normalized spacial score (nSPS) is 15.9. The summed E-state index contributed by atoms with van der Waals surface area (Å²) in [7, 11) is 0. The molecule has 2 N–H and O–H groups in total. The number of benzene rings is 2. The molecule has 1 unspecified atom stereocenters. The van der Waals surface area contributed by atoms with Crippen LogP contribution in [0.25, 0.3) is 0 Å². The van der Waals surface area contributed by atoms with Crippen molar-refractivity contribution in [3.63, 3.8) is 0 Å². The number of phenolic OH excluding ortho intramolecular Hbond substituents is 1. The fourth-order valence-electron chi connectivity index (χ4n) is 3.21. The number of aromatic hydroxyl groups is 1. The molecular formula is C19H20F2N2O2. The molecule has 0 spiro atoms. The molecule has 1 atom stereocenters. The largest absolute Gasteiger partial charge is 0.504 e. The van der Waals surface area contributed by atoms with Gasteiger partial charge < -0.3 is 10.4 Å². The average molecular weight is 346 g/mol. The number of carbonyl (C=O) groups is 1. The van der Waals surface area contributed by atoms with Crippen LogP contribution in [0.1, 0.15) is 34.8 Å². The quantitative estimate of drug-likeness (QED) is 0.874. The van der Waals surface area contributed by atoms with Crippen LogP contribution in [0.2, 0.25) is 0 Å². The number of hydrogen-bond acceptors (Lipinski definition) is 3. The van der Waals surface area contributed by atoms with Crippen molar-refractivity contribution in [1.82, 2.24) is 10.2 Å². The second kappa shape index (κ2) is 7.61. The van der Waals surface area contributed by atoms with Crippen molar-refractivity contribution in [2.24, 2.45) is 0 Å². The summed E-state index contributed by atoms with van der Waals surface area (Å²) in [5, 5.41) is 12.4. The third kappa shape index (κ3) is 3.96. The molecule has 132 valence electrons. The number of rotatable bonds is 5. The van der Waals surface area contributed by atoms with Gasteiger partial charge in [-0.25, -0.2) is 8.78 Å². The van der Waals surface area contributed by atoms with Gasteiger partial charge in [0.05, 0.1) is 11.6 Å². The Bertz CT molecular complexity index is 747. The molecule has 2 aromatic carbocycles. The van der Waals surface area contributed by atoms with Crippen molar-refractivity contribution in [1.29, 1.82) is 0 Å². The molecule has 1 saturated heterocycles. The van der Waals surface area contributed by atoms with Crippen LogP contribution in [-0.2, 0) is 0 Å². The lowest BCUT2D eigenvalue weighted by molar-refractivity contribution is 0.0934. The van der Waals surface area contributed by atoms with E-state index in [2.05, 4.69) is 10.2 Å². The molecule has 4 nitrogen and oxygen atoms in total. The minimum absolute atomic E-state index is 0.0202. The van der Waals surface area contributed by atoms with E-state index in [-0.39, 0.29) is 6.04 Å². The average Bonchev–Trinajstić information content (AvgIpc) is 3.13. The van der Waals surface area contributed by atoms with E-state index in [1.54, 1.807) is 0 Å². The van der Waals surface area contributed by atoms with E-state index in [0.717, 1.165) is 37.6 Å². The van der Waals surface area contributed by atoms with E-state index in [1.165, 1.54) is 0 Å². The molecule has 25 heavy (non-hydrogen) atoms. The van der Waals surface area contributed by atoms with Crippen molar-refractivity contribution < 1.29 is 18.7 Å². The first-order valence-corrected chi connectivity index (χ1v) is 8.31. The molecule has 0 radical (unpaired) electrons. The van der Waals surface area contributed by atoms with E-state index in [9.17, 15) is 18.7 Å². The molecule has 0 bridgehead atoms. The number of phenols is 1. The van der Waals surface area contributed by atoms with E-state index in [4.69, 9.17) is 0 Å². The molecule has 1 amide bonds. The van der Waals surface area contributed by atoms with Gasteiger partial charge in [0.1, 0.15) is 5.82 Å². The van der Waals surface area contributed by atoms with Gasteiger partial charge in [-0.15, -0.1) is 0 Å². The summed E-state index contributed by atoms with van der Waals surface area (Å²) in [5.74, 6) is -3.59. The van der Waals surface area contributed by atoms with Crippen molar-refractivity contribution >= 4 is 5.91 Å². The van der Waals surface area contributed by atoms with E-state index in [0.29, 0.717) is 12.6 Å². The minimum atomic E-state index is -1.15. The zero-order chi connectivity index (χ0) is 17.8. The Hall–Kier alpha value is -2.47. The van der Waals surface area contributed by atoms with Gasteiger partial charge in [-0.1, -0.05) is 30.3 Å². The molecule has 6 heteroatoms. The zero-order valence-electron chi connectivity index (χ0n) is 13.7. The first-order valence-electron chi connectivity index (χ1n) is 8.31. The lowest BCUT2D eigenvalue weighted by Gasteiger charge is -2.28. The van der Waals surface area contributed by atoms with E-state index in [1.807, 2.05) is 30.3 Å². The van der Waals surface area contributed by atoms with Gasteiger partial charge in [0.2, 0.25) is 0 Å². The maximum Gasteiger partial charge on any atom is 0.255 e. The number of halogens is 2. The van der Waals surface area contributed by atoms with Crippen LogP contribution in [-0.4, -0.2) is 35.5 Å². The highest BCUT2D eigenvalue weighted by molar-refractivity contribution is 5.96. The Morgan fingerprint density at radius 2 is 1.84 bits per heavy atom. The van der Waals surface area contributed by atoms with Crippen LogP contribution in [0.15, 0.2) is 42.5 Å². The van der Waals surface area contributed by atoms with Crippen molar-refractivity contribution in [3.05, 3.63) is 65.2 Å². The van der Waals surface area contributed by atoms with Crippen LogP contribution in [0, 0.1) is 11.6 Å². The van der Waals surface area contributed by atoms with Crippen LogP contribution in [0.4, 0.5) is 8.78 Å². The maximum absolute atomic E-state index is 13.4. The summed E-state index contributed by atoms with van der Waals surface area (Å²) < 4.78 is 26.8. The van der Waals surface area contributed by atoms with Crippen molar-refractivity contribution in [2.45, 2.75) is 18.9 Å². The molecule has 0 saturated carbocycles. The van der Waals surface area contributed by atoms with Gasteiger partial charge in [0.15, 0.2) is 11.6 Å². The smallest absolute Gasteiger partial charge is 0.255 e. The Morgan fingerprint density at radius 3 is 2.52 bits per heavy atom. The summed E-state index contributed by atoms with van der Waals surface area (Å²) in [5.41, 5.74) is 0.671. The third-order valence-electron chi connectivity index (χ3n) is 4.49. The molecule has 1 fully saturated rings. The second-order valence-electron chi connectivity index (χ2n) is 6.16. The van der Waals surface area contributed by atoms with Crippen LogP contribution >= 0.6 is 0 Å². The fraction of sp³-hybridized carbons (Fsp3) is 0.316. The highest BCUT2D eigenvalue weighted by Gasteiger charge is 2.25. The van der Waals surface area contributed by atoms with Crippen molar-refractivity contribution in [3.8, 4) is 5.75 Å². The number of nitrogens with zero attached hydrogens (tertiary/aromatic N) is 1. The van der Waals surface area contributed by atoms with Gasteiger partial charge >= 0.3 is 0 Å². The van der Waals surface area contributed by atoms with Crippen LogP contribution in [0.5, 0.6) is 5.75 Å². The predicted octanol–water partition coefficient (Wildman–Crippen LogP) is 3.24. The molecule has 1 heterocycles. The molecule has 0 aromatic heterocycles. The summed E-state index contributed by atoms with van der Waals surface area (Å²) in [6.07, 6.45) is 2.21. The number of carbonyl (C=O) groups excluding carboxylic acids is 1. The second-order valence-corrected chi connectivity index (χ2v) is 6.16. The molecule has 1 aliphatic rings. The standard InChI is InChI=1S/C19H20F2N2O2/c20-14-10-15(18(24)16(21)11-14)19(25)22-12-17(23-8-4-5-9-23)13-6-2-1-3-7-13/h1-3,6-7,10-11,17,24H,4-5,8-9,12H2,(H,22,25). The fourth-order valence-corrected chi connectivity index (χ4v) is 3.21. The number of amides is 1. The topological polar surface area (TPSA) is 52.6 Å². The van der Waals surface area contributed by atoms with Crippen LogP contribution < -0.4 is 5.32 Å². The summed E-state index contributed by atoms with van der Waals surface area (Å²) in [4.78, 5) is 14.6. The van der Waals surface area contributed by atoms with Gasteiger partial charge in [-0.05, 0) is 37.6 Å². The van der Waals surface area contributed by atoms with Gasteiger partial charge in [0.25, 0.3) is 5.91 Å². The van der Waals surface area contributed by atoms with Gasteiger partial charge in [0, 0.05) is 12.6 Å². The van der Waals surface area contributed by atoms with Gasteiger partial charge in [-0.3, -0.25) is 9.69 Å². The molecule has 0 aliphatic carbocycles. The van der Waals surface area contributed by atoms with E-state index < -0.39 is 28.9 Å². The first kappa shape index (κ1) is 17.4. The van der Waals surface area contributed by atoms with Gasteiger partial charge in [-0.2, -0.15) is 0 Å². The summed E-state index contributed by atoms with van der Waals surface area (Å²) in [6.45, 7) is 2.17. The SMILES string of the molecule is O=C(NCC(c1ccccc1)N1CCCC1)c1cc(F)cc(F)c1O. The molecular weight excluding hydrogens is 326 g/mol. The Kier molecular flexibility index (Phi) is 5.28. The highest BCUT2D eigenvalue weighted by Crippen LogP contribution is 2.26. The Labute approximate surface area is 145 Å². The molecule has 2 aromatic rings. The lowest BCUT2D eigenvalue weighted by atomic mass is 10.1. The number of likely N-dealkylation sites (tertiary alicyclic amines) is 1. The maximum atomic E-state index is 13.4. The third-order valence-corrected chi connectivity index (χ3v) is 4.49. The number of hydrogen-bond donors (Lipinski definition) is 2. The van der Waals surface area contributed by atoms with Crippen LogP contribution in [0.3, 0.4) is 0 Å². The Balaban J connectivity index is 1.76. The summed E-state index contributed by atoms with van der Waals surface area (Å²) >= 11 is 0. The highest BCUT2D eigenvalue weighted by atomic mass is 19.1. The predicted molar refractivity (Wildman–Crippen MR) is 90.3 cm³/mol. The zero-order valence-corrected chi connectivity index (χ0v) is 13.7. The Morgan fingerprint density at radius 1 is 1.16 bits per heavy atom.